The van der Waals surface area contributed by atoms with E-state index in [2.05, 4.69) is 10.1 Å². The fraction of sp³-hybridized carbons (Fsp3) is 0.750. The quantitative estimate of drug-likeness (QED) is 0.681. The van der Waals surface area contributed by atoms with E-state index in [9.17, 15) is 14.4 Å². The molecule has 2 amide bonds. The van der Waals surface area contributed by atoms with Gasteiger partial charge in [-0.3, -0.25) is 14.4 Å². The van der Waals surface area contributed by atoms with Crippen LogP contribution in [-0.2, 0) is 19.1 Å². The molecule has 1 atom stereocenters. The fourth-order valence-electron chi connectivity index (χ4n) is 2.27. The molecule has 102 valence electrons. The van der Waals surface area contributed by atoms with Crippen molar-refractivity contribution in [2.75, 3.05) is 6.61 Å². The number of hydrogen-bond acceptors (Lipinski definition) is 4. The van der Waals surface area contributed by atoms with E-state index >= 15 is 0 Å². The first kappa shape index (κ1) is 14.5. The van der Waals surface area contributed by atoms with Crippen LogP contribution in [0.1, 0.15) is 39.0 Å². The van der Waals surface area contributed by atoms with Gasteiger partial charge in [-0.15, -0.1) is 0 Å². The third-order valence-corrected chi connectivity index (χ3v) is 3.15. The van der Waals surface area contributed by atoms with Gasteiger partial charge in [0.25, 0.3) is 5.91 Å². The van der Waals surface area contributed by atoms with Crippen molar-refractivity contribution in [3.8, 4) is 0 Å². The highest BCUT2D eigenvalue weighted by atomic mass is 16.5. The van der Waals surface area contributed by atoms with Crippen molar-refractivity contribution in [1.82, 2.24) is 5.32 Å². The summed E-state index contributed by atoms with van der Waals surface area (Å²) >= 11 is 0. The van der Waals surface area contributed by atoms with Gasteiger partial charge in [-0.1, -0.05) is 19.3 Å². The lowest BCUT2D eigenvalue weighted by Crippen LogP contribution is -2.50. The third-order valence-electron chi connectivity index (χ3n) is 3.15. The van der Waals surface area contributed by atoms with Crippen LogP contribution in [0.3, 0.4) is 0 Å². The normalized spacial score (nSPS) is 17.8. The summed E-state index contributed by atoms with van der Waals surface area (Å²) in [6.07, 6.45) is 5.04. The third kappa shape index (κ3) is 4.73. The average molecular weight is 256 g/mol. The Bertz CT molecular complexity index is 324. The van der Waals surface area contributed by atoms with Crippen molar-refractivity contribution >= 4 is 17.8 Å². The van der Waals surface area contributed by atoms with Crippen LogP contribution < -0.4 is 11.1 Å². The molecule has 0 saturated heterocycles. The molecule has 3 N–H and O–H groups in total. The van der Waals surface area contributed by atoms with Gasteiger partial charge in [0.2, 0.25) is 5.91 Å². The van der Waals surface area contributed by atoms with Crippen LogP contribution in [0, 0.1) is 5.92 Å². The smallest absolute Gasteiger partial charge is 0.303 e. The summed E-state index contributed by atoms with van der Waals surface area (Å²) in [7, 11) is 0. The Morgan fingerprint density at radius 2 is 1.89 bits per heavy atom. The van der Waals surface area contributed by atoms with Crippen LogP contribution in [0.5, 0.6) is 0 Å². The summed E-state index contributed by atoms with van der Waals surface area (Å²) < 4.78 is 4.57. The van der Waals surface area contributed by atoms with Gasteiger partial charge in [-0.2, -0.15) is 0 Å². The number of rotatable bonds is 5. The van der Waals surface area contributed by atoms with Gasteiger partial charge in [0, 0.05) is 6.92 Å². The minimum atomic E-state index is -0.659. The van der Waals surface area contributed by atoms with E-state index in [-0.39, 0.29) is 12.5 Å². The first-order chi connectivity index (χ1) is 8.50. The van der Waals surface area contributed by atoms with E-state index < -0.39 is 23.8 Å². The molecular weight excluding hydrogens is 236 g/mol. The Kier molecular flexibility index (Phi) is 5.61. The molecule has 0 spiro atoms. The number of primary amides is 1. The van der Waals surface area contributed by atoms with Crippen LogP contribution in [0.15, 0.2) is 0 Å². The number of carbonyl (C=O) groups excluding carboxylic acids is 3. The predicted octanol–water partition coefficient (Wildman–Crippen LogP) is 0.0999. The minimum Gasteiger partial charge on any atom is -0.456 e. The number of nitrogens with one attached hydrogen (secondary N) is 1. The second-order valence-corrected chi connectivity index (χ2v) is 4.63. The van der Waals surface area contributed by atoms with Crippen molar-refractivity contribution in [3.63, 3.8) is 0 Å². The van der Waals surface area contributed by atoms with Gasteiger partial charge in [-0.25, -0.2) is 0 Å². The summed E-state index contributed by atoms with van der Waals surface area (Å²) in [6, 6.07) is -0.659. The molecule has 1 aliphatic carbocycles. The molecule has 0 heterocycles. The van der Waals surface area contributed by atoms with Gasteiger partial charge >= 0.3 is 5.97 Å². The fourth-order valence-corrected chi connectivity index (χ4v) is 2.27. The van der Waals surface area contributed by atoms with Gasteiger partial charge in [0.1, 0.15) is 6.04 Å². The zero-order valence-electron chi connectivity index (χ0n) is 10.6. The van der Waals surface area contributed by atoms with Crippen LogP contribution in [0.4, 0.5) is 0 Å². The highest BCUT2D eigenvalue weighted by Crippen LogP contribution is 2.26. The number of ether oxygens (including phenoxy) is 1. The summed E-state index contributed by atoms with van der Waals surface area (Å²) in [5, 5.41) is 2.55. The standard InChI is InChI=1S/C12H20N2O4/c1-8(15)18-7-10(16)14-11(12(13)17)9-5-3-2-4-6-9/h9,11H,2-7H2,1H3,(H2,13,17)(H,14,16)/t11-/m1/s1. The molecule has 0 aromatic carbocycles. The molecule has 0 radical (unpaired) electrons. The summed E-state index contributed by atoms with van der Waals surface area (Å²) in [4.78, 5) is 33.5. The molecular formula is C12H20N2O4. The van der Waals surface area contributed by atoms with Gasteiger partial charge in [0.05, 0.1) is 0 Å². The maximum absolute atomic E-state index is 11.5. The van der Waals surface area contributed by atoms with Crippen molar-refractivity contribution in [1.29, 1.82) is 0 Å². The maximum Gasteiger partial charge on any atom is 0.303 e. The lowest BCUT2D eigenvalue weighted by atomic mass is 9.83. The Labute approximate surface area is 106 Å². The zero-order chi connectivity index (χ0) is 13.5. The Hall–Kier alpha value is -1.59. The average Bonchev–Trinajstić information content (AvgIpc) is 2.34. The lowest BCUT2D eigenvalue weighted by Gasteiger charge is -2.28. The number of esters is 1. The van der Waals surface area contributed by atoms with Gasteiger partial charge < -0.3 is 15.8 Å². The number of hydrogen-bond donors (Lipinski definition) is 2. The van der Waals surface area contributed by atoms with Crippen LogP contribution >= 0.6 is 0 Å². The zero-order valence-corrected chi connectivity index (χ0v) is 10.6. The Morgan fingerprint density at radius 3 is 2.39 bits per heavy atom. The van der Waals surface area contributed by atoms with E-state index in [1.807, 2.05) is 0 Å². The number of amides is 2. The highest BCUT2D eigenvalue weighted by Gasteiger charge is 2.29. The SMILES string of the molecule is CC(=O)OCC(=O)N[C@@H](C(N)=O)C1CCCCC1. The second kappa shape index (κ2) is 6.98. The molecule has 0 aromatic heterocycles. The van der Waals surface area contributed by atoms with Crippen molar-refractivity contribution in [3.05, 3.63) is 0 Å². The van der Waals surface area contributed by atoms with E-state index in [0.717, 1.165) is 32.1 Å². The maximum atomic E-state index is 11.5. The molecule has 0 aliphatic heterocycles. The highest BCUT2D eigenvalue weighted by molar-refractivity contribution is 5.88. The Balaban J connectivity index is 2.48. The Morgan fingerprint density at radius 1 is 1.28 bits per heavy atom. The first-order valence-electron chi connectivity index (χ1n) is 6.22. The molecule has 1 fully saturated rings. The van der Waals surface area contributed by atoms with Crippen LogP contribution in [-0.4, -0.2) is 30.4 Å². The summed E-state index contributed by atoms with van der Waals surface area (Å²) in [6.45, 7) is 0.853. The first-order valence-corrected chi connectivity index (χ1v) is 6.22. The van der Waals surface area contributed by atoms with E-state index in [0.29, 0.717) is 0 Å². The van der Waals surface area contributed by atoms with Gasteiger partial charge in [0.15, 0.2) is 6.61 Å². The lowest BCUT2D eigenvalue weighted by molar-refractivity contribution is -0.147. The molecule has 6 nitrogen and oxygen atoms in total. The van der Waals surface area contributed by atoms with Crippen LogP contribution in [0.2, 0.25) is 0 Å². The van der Waals surface area contributed by atoms with Crippen molar-refractivity contribution in [2.24, 2.45) is 11.7 Å². The molecule has 0 unspecified atom stereocenters. The largest absolute Gasteiger partial charge is 0.456 e. The van der Waals surface area contributed by atoms with Crippen molar-refractivity contribution < 1.29 is 19.1 Å². The topological polar surface area (TPSA) is 98.5 Å². The number of carbonyl (C=O) groups is 3. The van der Waals surface area contributed by atoms with E-state index in [4.69, 9.17) is 5.73 Å². The monoisotopic (exact) mass is 256 g/mol. The van der Waals surface area contributed by atoms with Crippen molar-refractivity contribution in [2.45, 2.75) is 45.1 Å². The van der Waals surface area contributed by atoms with E-state index in [1.54, 1.807) is 0 Å². The molecule has 1 aliphatic rings. The van der Waals surface area contributed by atoms with E-state index in [1.165, 1.54) is 6.92 Å². The molecule has 6 heteroatoms. The van der Waals surface area contributed by atoms with Crippen LogP contribution in [0.25, 0.3) is 0 Å². The summed E-state index contributed by atoms with van der Waals surface area (Å²) in [5.41, 5.74) is 5.31. The molecule has 1 rings (SSSR count). The van der Waals surface area contributed by atoms with Gasteiger partial charge in [-0.05, 0) is 18.8 Å². The second-order valence-electron chi connectivity index (χ2n) is 4.63. The minimum absolute atomic E-state index is 0.0949. The molecule has 0 bridgehead atoms. The summed E-state index contributed by atoms with van der Waals surface area (Å²) in [5.74, 6) is -1.45. The molecule has 0 aromatic rings. The molecule has 1 saturated carbocycles. The molecule has 18 heavy (non-hydrogen) atoms. The predicted molar refractivity (Wildman–Crippen MR) is 64.3 cm³/mol. The number of nitrogens with two attached hydrogens (primary N) is 1.